The van der Waals surface area contributed by atoms with Crippen LogP contribution < -0.4 is 0 Å². The van der Waals surface area contributed by atoms with Gasteiger partial charge >= 0.3 is 5.97 Å². The van der Waals surface area contributed by atoms with Gasteiger partial charge in [0.2, 0.25) is 0 Å². The van der Waals surface area contributed by atoms with Gasteiger partial charge in [-0.25, -0.2) is 0 Å². The molecule has 2 saturated carbocycles. The summed E-state index contributed by atoms with van der Waals surface area (Å²) < 4.78 is 27.9. The molecule has 7 nitrogen and oxygen atoms in total. The maximum absolute atomic E-state index is 16.1. The van der Waals surface area contributed by atoms with Crippen molar-refractivity contribution < 1.29 is 33.0 Å². The summed E-state index contributed by atoms with van der Waals surface area (Å²) in [6.45, 7) is 29.4. The predicted molar refractivity (Wildman–Crippen MR) is 195 cm³/mol. The minimum Gasteiger partial charge on any atom is -0.458 e. The lowest BCUT2D eigenvalue weighted by Crippen LogP contribution is -2.79. The first-order chi connectivity index (χ1) is 21.8. The maximum Gasteiger partial charge on any atom is 0.306 e. The molecule has 2 bridgehead atoms. The van der Waals surface area contributed by atoms with Gasteiger partial charge in [0, 0.05) is 23.7 Å². The highest BCUT2D eigenvalue weighted by Crippen LogP contribution is 2.70. The molecule has 47 heavy (non-hydrogen) atoms. The molecule has 1 spiro atoms. The Morgan fingerprint density at radius 1 is 0.872 bits per heavy atom. The van der Waals surface area contributed by atoms with E-state index in [9.17, 15) is 9.90 Å². The molecule has 1 N–H and O–H groups in total. The van der Waals surface area contributed by atoms with Gasteiger partial charge in [0.05, 0.1) is 38.7 Å². The predicted octanol–water partition coefficient (Wildman–Crippen LogP) is 8.26. The summed E-state index contributed by atoms with van der Waals surface area (Å²) >= 11 is 0. The van der Waals surface area contributed by atoms with Crippen molar-refractivity contribution >= 4 is 36.5 Å². The number of fused-ring (bicyclic) bond motifs is 5. The van der Waals surface area contributed by atoms with Gasteiger partial charge in [-0.1, -0.05) is 80.6 Å². The molecule has 0 aromatic heterocycles. The number of ether oxygens (including phenoxy) is 2. The quantitative estimate of drug-likeness (QED) is 0.131. The van der Waals surface area contributed by atoms with E-state index in [1.165, 1.54) is 5.57 Å². The van der Waals surface area contributed by atoms with Crippen molar-refractivity contribution in [3.8, 4) is 0 Å². The zero-order chi connectivity index (χ0) is 35.2. The smallest absolute Gasteiger partial charge is 0.306 e. The first-order valence-corrected chi connectivity index (χ1v) is 27.6. The fourth-order valence-electron chi connectivity index (χ4n) is 11.4. The van der Waals surface area contributed by atoms with Crippen LogP contribution in [0.25, 0.3) is 0 Å². The van der Waals surface area contributed by atoms with Gasteiger partial charge < -0.3 is 23.4 Å². The number of esters is 1. The molecule has 0 unspecified atom stereocenters. The van der Waals surface area contributed by atoms with E-state index in [0.717, 1.165) is 48.3 Å². The van der Waals surface area contributed by atoms with E-state index >= 15 is 4.79 Å². The van der Waals surface area contributed by atoms with Crippen molar-refractivity contribution in [3.05, 3.63) is 11.1 Å². The van der Waals surface area contributed by atoms with Gasteiger partial charge in [0.1, 0.15) is 17.3 Å². The molecule has 0 aromatic carbocycles. The number of carbonyl (C=O) groups excluding carboxylic acids is 2. The van der Waals surface area contributed by atoms with E-state index in [2.05, 4.69) is 88.9 Å². The monoisotopic (exact) mass is 706 g/mol. The highest BCUT2D eigenvalue weighted by Gasteiger charge is 2.78. The minimum atomic E-state index is -2.34. The van der Waals surface area contributed by atoms with E-state index in [0.29, 0.717) is 6.42 Å². The minimum absolute atomic E-state index is 0.0521. The first-order valence-electron chi connectivity index (χ1n) is 18.9. The van der Waals surface area contributed by atoms with Crippen molar-refractivity contribution in [2.75, 3.05) is 6.61 Å². The molecule has 0 radical (unpaired) electrons. The third-order valence-corrected chi connectivity index (χ3v) is 26.9. The van der Waals surface area contributed by atoms with Gasteiger partial charge in [-0.3, -0.25) is 9.59 Å². The molecule has 9 atom stereocenters. The molecule has 10 heteroatoms. The number of aliphatic hydroxyl groups is 1. The molecule has 3 aliphatic carbocycles. The van der Waals surface area contributed by atoms with E-state index in [-0.39, 0.29) is 36.2 Å². The third kappa shape index (κ3) is 5.18. The molecule has 5 aliphatic rings. The highest BCUT2D eigenvalue weighted by molar-refractivity contribution is 6.78. The summed E-state index contributed by atoms with van der Waals surface area (Å²) in [4.78, 5) is 30.0. The average Bonchev–Trinajstić information content (AvgIpc) is 3.35. The highest BCUT2D eigenvalue weighted by atomic mass is 28.4. The third-order valence-electron chi connectivity index (χ3n) is 14.9. The molecule has 2 saturated heterocycles. The Hall–Kier alpha value is -0.629. The van der Waals surface area contributed by atoms with E-state index in [1.54, 1.807) is 0 Å². The molecule has 5 rings (SSSR count). The average molecular weight is 707 g/mol. The summed E-state index contributed by atoms with van der Waals surface area (Å²) in [7, 11) is -6.42. The van der Waals surface area contributed by atoms with Gasteiger partial charge in [-0.05, 0) is 67.6 Å². The molecule has 4 fully saturated rings. The summed E-state index contributed by atoms with van der Waals surface area (Å²) in [5.41, 5.74) is -1.35. The van der Waals surface area contributed by atoms with E-state index in [4.69, 9.17) is 18.3 Å². The van der Waals surface area contributed by atoms with Crippen LogP contribution in [0.2, 0.25) is 61.4 Å². The molecule has 2 aliphatic heterocycles. The van der Waals surface area contributed by atoms with E-state index < -0.39 is 71.0 Å². The number of rotatable bonds is 11. The van der Waals surface area contributed by atoms with Crippen molar-refractivity contribution in [2.24, 2.45) is 22.7 Å². The second-order valence-electron chi connectivity index (χ2n) is 17.8. The largest absolute Gasteiger partial charge is 0.458 e. The second-order valence-corrected chi connectivity index (χ2v) is 32.6. The van der Waals surface area contributed by atoms with Crippen molar-refractivity contribution in [3.63, 3.8) is 0 Å². The van der Waals surface area contributed by atoms with Gasteiger partial charge in [-0.15, -0.1) is 0 Å². The molecule has 0 aromatic rings. The molecule has 268 valence electrons. The summed E-state index contributed by atoms with van der Waals surface area (Å²) in [5, 5.41) is 12.8. The number of carbonyl (C=O) groups is 2. The molecule has 2 heterocycles. The van der Waals surface area contributed by atoms with Crippen LogP contribution in [0, 0.1) is 22.7 Å². The Morgan fingerprint density at radius 3 is 1.87 bits per heavy atom. The maximum atomic E-state index is 16.1. The Balaban J connectivity index is 1.88. The van der Waals surface area contributed by atoms with Crippen LogP contribution in [-0.4, -0.2) is 77.7 Å². The lowest BCUT2D eigenvalue weighted by Gasteiger charge is -2.68. The van der Waals surface area contributed by atoms with Crippen molar-refractivity contribution in [1.82, 2.24) is 0 Å². The van der Waals surface area contributed by atoms with Crippen molar-refractivity contribution in [2.45, 2.75) is 179 Å². The van der Waals surface area contributed by atoms with Crippen LogP contribution in [-0.2, 0) is 27.9 Å². The van der Waals surface area contributed by atoms with Crippen molar-refractivity contribution in [1.29, 1.82) is 0 Å². The zero-order valence-electron chi connectivity index (χ0n) is 31.9. The van der Waals surface area contributed by atoms with E-state index in [1.807, 2.05) is 0 Å². The van der Waals surface area contributed by atoms with Crippen LogP contribution in [0.4, 0.5) is 0 Å². The Bertz CT molecular complexity index is 1270. The number of Topliss-reactive ketones (excluding diaryl/α,β-unsaturated/α-hetero) is 1. The second kappa shape index (κ2) is 12.3. The topological polar surface area (TPSA) is 91.3 Å². The standard InChI is InChI=1S/C37H66O7Si3/c1-14-46(15-2,16-3)43-27-21-28-36(40,23-41-28)32-25-20-29(38)42-37(25)22-26(45(11,12)13)24(7)30(34(37,8)9)31(33(39)35(27,32)10)44-47(17-4,18-5)19-6/h25-28,31-32,40H,14-23H2,1-13H3/t25-,26-,27-,28+,31+,32-,35+,36-,37+/m0/s1. The fourth-order valence-corrected chi connectivity index (χ4v) is 19.4. The number of allylic oxidation sites excluding steroid dienone is 1. The lowest BCUT2D eigenvalue weighted by molar-refractivity contribution is -0.330. The van der Waals surface area contributed by atoms with Crippen LogP contribution in [0.15, 0.2) is 11.1 Å². The van der Waals surface area contributed by atoms with Crippen LogP contribution in [0.5, 0.6) is 0 Å². The summed E-state index contributed by atoms with van der Waals surface area (Å²) in [6, 6.07) is 5.66. The number of hydrogen-bond donors (Lipinski definition) is 1. The summed E-state index contributed by atoms with van der Waals surface area (Å²) in [5.74, 6) is -1.07. The van der Waals surface area contributed by atoms with Gasteiger partial charge in [0.15, 0.2) is 22.4 Å². The number of hydrogen-bond acceptors (Lipinski definition) is 7. The van der Waals surface area contributed by atoms with Crippen LogP contribution >= 0.6 is 0 Å². The SMILES string of the molecule is CC[Si](CC)(CC)O[C@H]1C(=O)[C@]2(C)[C@@H](O[Si](CC)(CC)CC)C[C@H]3OC[C@@]3(O)[C@H]2[C@@H]2CC(=O)O[C@]23C[C@H]([Si](C)(C)C)C(C)=C1C3(C)C. The first kappa shape index (κ1) is 37.6. The Kier molecular flexibility index (Phi) is 9.81. The molecule has 0 amide bonds. The van der Waals surface area contributed by atoms with Crippen LogP contribution in [0.1, 0.15) is 88.5 Å². The number of ketones is 1. The zero-order valence-corrected chi connectivity index (χ0v) is 34.9. The summed E-state index contributed by atoms with van der Waals surface area (Å²) in [6.07, 6.45) is -0.251. The normalized spacial score (nSPS) is 40.1. The van der Waals surface area contributed by atoms with Gasteiger partial charge in [-0.2, -0.15) is 0 Å². The lowest BCUT2D eigenvalue weighted by atomic mass is 9.42. The fraction of sp³-hybridized carbons (Fsp3) is 0.892. The molecular formula is C37H66O7Si3. The molecular weight excluding hydrogens is 641 g/mol. The van der Waals surface area contributed by atoms with Gasteiger partial charge in [0.25, 0.3) is 0 Å². The Morgan fingerprint density at radius 2 is 1.40 bits per heavy atom. The van der Waals surface area contributed by atoms with Crippen LogP contribution in [0.3, 0.4) is 0 Å². The Labute approximate surface area is 288 Å².